The maximum absolute atomic E-state index is 4.57. The Kier molecular flexibility index (Phi) is 7.77. The topological polar surface area (TPSA) is 62.2 Å². The quantitative estimate of drug-likeness (QED) is 0.331. The van der Waals surface area contributed by atoms with Gasteiger partial charge in [-0.1, -0.05) is 24.3 Å². The van der Waals surface area contributed by atoms with Crippen molar-refractivity contribution in [2.75, 3.05) is 13.6 Å². The minimum atomic E-state index is 0. The molecule has 0 atom stereocenters. The third-order valence-corrected chi connectivity index (χ3v) is 5.22. The molecule has 3 rings (SSSR count). The summed E-state index contributed by atoms with van der Waals surface area (Å²) in [5.74, 6) is 0.790. The Morgan fingerprint density at radius 1 is 1.15 bits per heavy atom. The zero-order valence-electron chi connectivity index (χ0n) is 15.2. The van der Waals surface area contributed by atoms with Crippen LogP contribution in [0.25, 0.3) is 10.9 Å². The molecular formula is C19H24IN5S. The van der Waals surface area contributed by atoms with Gasteiger partial charge in [0, 0.05) is 43.0 Å². The molecule has 1 aromatic carbocycles. The van der Waals surface area contributed by atoms with E-state index in [0.717, 1.165) is 46.1 Å². The minimum Gasteiger partial charge on any atom is -0.356 e. The summed E-state index contributed by atoms with van der Waals surface area (Å²) in [5.41, 5.74) is 3.32. The standard InChI is InChI=1S/C19H23N5S.HI/c1-13-14(2)25-17(24-13)9-11-22-19(20-3)23-12-16-7-4-6-15-8-5-10-21-18(15)16;/h4-8,10H,9,11-12H2,1-3H3,(H2,20,22,23);1H. The molecule has 0 amide bonds. The number of aliphatic imine (C=N–C) groups is 1. The number of benzene rings is 1. The number of aromatic nitrogens is 2. The Bertz CT molecular complexity index is 866. The summed E-state index contributed by atoms with van der Waals surface area (Å²) in [6.45, 7) is 5.66. The van der Waals surface area contributed by atoms with Gasteiger partial charge in [-0.05, 0) is 25.5 Å². The number of halogens is 1. The SMILES string of the molecule is CN=C(NCCc1nc(C)c(C)s1)NCc1cccc2cccnc12.I. The number of pyridine rings is 1. The van der Waals surface area contributed by atoms with E-state index >= 15 is 0 Å². The first-order valence-corrected chi connectivity index (χ1v) is 9.19. The fraction of sp³-hybridized carbons (Fsp3) is 0.316. The Morgan fingerprint density at radius 2 is 1.96 bits per heavy atom. The fourth-order valence-electron chi connectivity index (χ4n) is 2.64. The number of thiazole rings is 1. The molecule has 7 heteroatoms. The number of guanidine groups is 1. The lowest BCUT2D eigenvalue weighted by molar-refractivity contribution is 0.792. The van der Waals surface area contributed by atoms with E-state index in [4.69, 9.17) is 0 Å². The van der Waals surface area contributed by atoms with Gasteiger partial charge in [0.05, 0.1) is 16.2 Å². The molecule has 0 saturated heterocycles. The van der Waals surface area contributed by atoms with Crippen LogP contribution in [0.3, 0.4) is 0 Å². The molecule has 0 aliphatic heterocycles. The second-order valence-corrected chi connectivity index (χ2v) is 7.13. The molecule has 0 spiro atoms. The van der Waals surface area contributed by atoms with Crippen LogP contribution in [0, 0.1) is 13.8 Å². The van der Waals surface area contributed by atoms with Crippen molar-refractivity contribution in [3.8, 4) is 0 Å². The third-order valence-electron chi connectivity index (χ3n) is 4.09. The first-order chi connectivity index (χ1) is 12.2. The third kappa shape index (κ3) is 5.14. The lowest BCUT2D eigenvalue weighted by Crippen LogP contribution is -2.37. The highest BCUT2D eigenvalue weighted by Crippen LogP contribution is 2.17. The number of fused-ring (bicyclic) bond motifs is 1. The molecule has 0 bridgehead atoms. The lowest BCUT2D eigenvalue weighted by Gasteiger charge is -2.12. The van der Waals surface area contributed by atoms with E-state index in [9.17, 15) is 0 Å². The van der Waals surface area contributed by atoms with E-state index in [-0.39, 0.29) is 24.0 Å². The van der Waals surface area contributed by atoms with Crippen molar-refractivity contribution in [2.45, 2.75) is 26.8 Å². The Labute approximate surface area is 175 Å². The molecule has 0 fully saturated rings. The predicted octanol–water partition coefficient (Wildman–Crippen LogP) is 3.83. The molecule has 2 N–H and O–H groups in total. The van der Waals surface area contributed by atoms with Gasteiger partial charge in [-0.25, -0.2) is 4.98 Å². The average Bonchev–Trinajstić information content (AvgIpc) is 2.95. The van der Waals surface area contributed by atoms with Gasteiger partial charge >= 0.3 is 0 Å². The van der Waals surface area contributed by atoms with E-state index < -0.39 is 0 Å². The van der Waals surface area contributed by atoms with Crippen molar-refractivity contribution in [2.24, 2.45) is 4.99 Å². The predicted molar refractivity (Wildman–Crippen MR) is 121 cm³/mol. The molecule has 5 nitrogen and oxygen atoms in total. The van der Waals surface area contributed by atoms with Gasteiger partial charge in [0.25, 0.3) is 0 Å². The van der Waals surface area contributed by atoms with Gasteiger partial charge in [-0.3, -0.25) is 9.98 Å². The second-order valence-electron chi connectivity index (χ2n) is 5.84. The van der Waals surface area contributed by atoms with E-state index in [0.29, 0.717) is 6.54 Å². The number of hydrogen-bond acceptors (Lipinski definition) is 4. The smallest absolute Gasteiger partial charge is 0.191 e. The molecule has 0 radical (unpaired) electrons. The van der Waals surface area contributed by atoms with Crippen molar-refractivity contribution in [3.05, 3.63) is 57.7 Å². The molecule has 3 aromatic rings. The van der Waals surface area contributed by atoms with Crippen LogP contribution in [0.1, 0.15) is 21.1 Å². The Balaban J connectivity index is 0.00000243. The summed E-state index contributed by atoms with van der Waals surface area (Å²) in [4.78, 5) is 14.6. The highest BCUT2D eigenvalue weighted by molar-refractivity contribution is 14.0. The van der Waals surface area contributed by atoms with Crippen LogP contribution in [0.15, 0.2) is 41.5 Å². The lowest BCUT2D eigenvalue weighted by atomic mass is 10.1. The minimum absolute atomic E-state index is 0. The fourth-order valence-corrected chi connectivity index (χ4v) is 3.58. The number of para-hydroxylation sites is 1. The van der Waals surface area contributed by atoms with Gasteiger partial charge in [0.2, 0.25) is 0 Å². The van der Waals surface area contributed by atoms with Crippen LogP contribution >= 0.6 is 35.3 Å². The number of hydrogen-bond donors (Lipinski definition) is 2. The van der Waals surface area contributed by atoms with Gasteiger partial charge in [-0.2, -0.15) is 0 Å². The molecule has 2 aromatic heterocycles. The largest absolute Gasteiger partial charge is 0.356 e. The van der Waals surface area contributed by atoms with Crippen LogP contribution in [-0.2, 0) is 13.0 Å². The van der Waals surface area contributed by atoms with E-state index in [1.54, 1.807) is 18.4 Å². The molecule has 0 saturated carbocycles. The molecule has 0 unspecified atom stereocenters. The molecule has 26 heavy (non-hydrogen) atoms. The zero-order chi connectivity index (χ0) is 17.6. The molecule has 0 aliphatic rings. The number of aryl methyl sites for hydroxylation is 2. The number of rotatable bonds is 5. The van der Waals surface area contributed by atoms with Crippen molar-refractivity contribution in [1.82, 2.24) is 20.6 Å². The number of nitrogens with one attached hydrogen (secondary N) is 2. The summed E-state index contributed by atoms with van der Waals surface area (Å²) in [6, 6.07) is 10.3. The molecule has 2 heterocycles. The second kappa shape index (κ2) is 9.82. The van der Waals surface area contributed by atoms with Gasteiger partial charge in [0.1, 0.15) is 0 Å². The summed E-state index contributed by atoms with van der Waals surface area (Å²) in [5, 5.41) is 9.03. The highest BCUT2D eigenvalue weighted by atomic mass is 127. The first kappa shape index (κ1) is 20.6. The van der Waals surface area contributed by atoms with Crippen LogP contribution in [0.5, 0.6) is 0 Å². The van der Waals surface area contributed by atoms with Gasteiger partial charge in [0.15, 0.2) is 5.96 Å². The zero-order valence-corrected chi connectivity index (χ0v) is 18.4. The summed E-state index contributed by atoms with van der Waals surface area (Å²) >= 11 is 1.77. The van der Waals surface area contributed by atoms with Crippen LogP contribution < -0.4 is 10.6 Å². The summed E-state index contributed by atoms with van der Waals surface area (Å²) < 4.78 is 0. The molecular weight excluding hydrogens is 457 g/mol. The maximum atomic E-state index is 4.57. The van der Waals surface area contributed by atoms with Crippen molar-refractivity contribution < 1.29 is 0 Å². The molecule has 138 valence electrons. The van der Waals surface area contributed by atoms with E-state index in [1.165, 1.54) is 4.88 Å². The van der Waals surface area contributed by atoms with Gasteiger partial charge in [-0.15, -0.1) is 35.3 Å². The van der Waals surface area contributed by atoms with Gasteiger partial charge < -0.3 is 10.6 Å². The van der Waals surface area contributed by atoms with Crippen LogP contribution in [0.4, 0.5) is 0 Å². The van der Waals surface area contributed by atoms with Crippen LogP contribution in [0.2, 0.25) is 0 Å². The monoisotopic (exact) mass is 481 g/mol. The average molecular weight is 481 g/mol. The molecule has 0 aliphatic carbocycles. The summed E-state index contributed by atoms with van der Waals surface area (Å²) in [7, 11) is 1.79. The first-order valence-electron chi connectivity index (χ1n) is 8.37. The van der Waals surface area contributed by atoms with E-state index in [2.05, 4.69) is 63.7 Å². The highest BCUT2D eigenvalue weighted by Gasteiger charge is 2.05. The normalized spacial score (nSPS) is 11.3. The number of nitrogens with zero attached hydrogens (tertiary/aromatic N) is 3. The van der Waals surface area contributed by atoms with Crippen LogP contribution in [-0.4, -0.2) is 29.5 Å². The summed E-state index contributed by atoms with van der Waals surface area (Å²) in [6.07, 6.45) is 2.73. The maximum Gasteiger partial charge on any atom is 0.191 e. The van der Waals surface area contributed by atoms with Crippen molar-refractivity contribution in [1.29, 1.82) is 0 Å². The van der Waals surface area contributed by atoms with Crippen molar-refractivity contribution in [3.63, 3.8) is 0 Å². The van der Waals surface area contributed by atoms with Crippen molar-refractivity contribution >= 4 is 52.2 Å². The van der Waals surface area contributed by atoms with E-state index in [1.807, 2.05) is 12.3 Å². The Morgan fingerprint density at radius 3 is 2.69 bits per heavy atom. The Hall–Kier alpha value is -1.74.